The van der Waals surface area contributed by atoms with Crippen LogP contribution in [-0.4, -0.2) is 107 Å². The molecular weight excluding hydrogens is 1450 g/mol. The van der Waals surface area contributed by atoms with Crippen molar-refractivity contribution in [2.75, 3.05) is 52.7 Å². The third kappa shape index (κ3) is 72.1. The molecule has 0 saturated heterocycles. The van der Waals surface area contributed by atoms with E-state index in [4.69, 9.17) is 36.6 Å². The van der Waals surface area contributed by atoms with Crippen molar-refractivity contribution in [2.24, 2.45) is 0 Å². The fraction of sp³-hybridized carbons (Fsp3) is 0.901. The van der Waals surface area contributed by atoms with E-state index in [0.29, 0.717) is 38.5 Å². The molecular formula is C91H176N4O15P2. The lowest BCUT2D eigenvalue weighted by Gasteiger charge is -2.29. The molecule has 0 fully saturated rings. The van der Waals surface area contributed by atoms with Gasteiger partial charge in [-0.25, -0.2) is 13.9 Å². The van der Waals surface area contributed by atoms with Gasteiger partial charge < -0.3 is 30.7 Å². The van der Waals surface area contributed by atoms with Crippen molar-refractivity contribution in [3.63, 3.8) is 0 Å². The Balaban J connectivity index is 6.46. The van der Waals surface area contributed by atoms with Crippen molar-refractivity contribution < 1.29 is 69.7 Å². The zero-order chi connectivity index (χ0) is 82.0. The van der Waals surface area contributed by atoms with Crippen LogP contribution in [0.2, 0.25) is 0 Å². The molecule has 4 unspecified atom stereocenters. The highest BCUT2D eigenvalue weighted by atomic mass is 31.2. The van der Waals surface area contributed by atoms with Gasteiger partial charge in [-0.1, -0.05) is 388 Å². The Bertz CT molecular complexity index is 2120. The molecule has 0 aromatic carbocycles. The summed E-state index contributed by atoms with van der Waals surface area (Å²) in [6, 6.07) is -2.39. The standard InChI is InChI=1S/C91H176N4O15P2/c1-9-17-23-29-35-41-43-49-53-59-65-71-87(96)94-83(85(69-63-57-51-45-37-31-25-19-11-3)109-89(98)73-67-61-55-47-39-33-27-21-13-5)81-107-111(101,103-77-15-7)105-79-75-92-91(100)93-76-80-106-112(102,104-78-16-8)108-82-84(95-88(97)72-66-60-54-50-44-42-36-30-24-18-10-2)86(70-64-58-52-46-38-32-26-20-12-4)110-90(99)74-68-62-56-48-40-34-28-22-14-6/h15-16,83-86H,7-14,17-82H2,1-6H3,(H,94,96)(H,95,97)(H2,92,93,100)/t83-,84?,85-,86?,111?,112?/m0/s1. The number of unbranched alkanes of at least 4 members (excludes halogenated alkanes) is 52. The number of carbonyl (C=O) groups is 5. The Morgan fingerprint density at radius 1 is 0.295 bits per heavy atom. The average Bonchev–Trinajstić information content (AvgIpc) is 0.869. The number of rotatable bonds is 90. The summed E-state index contributed by atoms with van der Waals surface area (Å²) in [5.74, 6) is -1.09. The number of phosphoric acid groups is 2. The van der Waals surface area contributed by atoms with Gasteiger partial charge >= 0.3 is 33.6 Å². The molecule has 4 N–H and O–H groups in total. The van der Waals surface area contributed by atoms with Crippen LogP contribution in [0.5, 0.6) is 0 Å². The number of carbonyl (C=O) groups excluding carboxylic acids is 5. The monoisotopic (exact) mass is 1630 g/mol. The minimum atomic E-state index is -4.41. The molecule has 0 bridgehead atoms. The molecule has 4 amide bonds. The lowest BCUT2D eigenvalue weighted by molar-refractivity contribution is -0.153. The summed E-state index contributed by atoms with van der Waals surface area (Å²) < 4.78 is 76.9. The highest BCUT2D eigenvalue weighted by Gasteiger charge is 2.35. The van der Waals surface area contributed by atoms with Crippen LogP contribution < -0.4 is 21.3 Å². The van der Waals surface area contributed by atoms with Crippen LogP contribution in [0.3, 0.4) is 0 Å². The van der Waals surface area contributed by atoms with E-state index in [-0.39, 0.29) is 102 Å². The van der Waals surface area contributed by atoms with Crippen LogP contribution >= 0.6 is 15.6 Å². The molecule has 0 aliphatic rings. The lowest BCUT2D eigenvalue weighted by Crippen LogP contribution is -2.48. The Morgan fingerprint density at radius 3 is 0.759 bits per heavy atom. The fourth-order valence-electron chi connectivity index (χ4n) is 14.1. The first kappa shape index (κ1) is 109. The van der Waals surface area contributed by atoms with Crippen molar-refractivity contribution in [1.82, 2.24) is 21.3 Å². The quantitative estimate of drug-likeness (QED) is 0.0192. The number of amides is 4. The maximum atomic E-state index is 14.5. The summed E-state index contributed by atoms with van der Waals surface area (Å²) in [5.41, 5.74) is 0. The molecule has 0 aromatic heterocycles. The van der Waals surface area contributed by atoms with Gasteiger partial charge in [0.2, 0.25) is 11.8 Å². The number of urea groups is 1. The number of hydrogen-bond acceptors (Lipinski definition) is 15. The summed E-state index contributed by atoms with van der Waals surface area (Å²) in [6.07, 6.45) is 68.5. The molecule has 0 radical (unpaired) electrons. The second-order valence-electron chi connectivity index (χ2n) is 31.9. The van der Waals surface area contributed by atoms with Gasteiger partial charge in [0.25, 0.3) is 0 Å². The van der Waals surface area contributed by atoms with Gasteiger partial charge in [-0.05, 0) is 51.4 Å². The second-order valence-corrected chi connectivity index (χ2v) is 35.2. The van der Waals surface area contributed by atoms with Crippen LogP contribution in [0.4, 0.5) is 4.79 Å². The normalized spacial score (nSPS) is 13.7. The van der Waals surface area contributed by atoms with Gasteiger partial charge in [0, 0.05) is 38.8 Å². The van der Waals surface area contributed by atoms with E-state index in [1.165, 1.54) is 230 Å². The summed E-state index contributed by atoms with van der Waals surface area (Å²) in [4.78, 5) is 68.7. The molecule has 19 nitrogen and oxygen atoms in total. The molecule has 0 saturated carbocycles. The average molecular weight is 1630 g/mol. The molecule has 0 aromatic rings. The molecule has 0 aliphatic carbocycles. The zero-order valence-electron chi connectivity index (χ0n) is 73.3. The molecule has 0 aliphatic heterocycles. The topological polar surface area (TPSA) is 241 Å². The van der Waals surface area contributed by atoms with Gasteiger partial charge in [0.1, 0.15) is 12.2 Å². The van der Waals surface area contributed by atoms with Crippen LogP contribution in [0.15, 0.2) is 25.3 Å². The molecule has 112 heavy (non-hydrogen) atoms. The van der Waals surface area contributed by atoms with Gasteiger partial charge in [0.05, 0.1) is 51.7 Å². The van der Waals surface area contributed by atoms with E-state index in [1.807, 2.05) is 0 Å². The first-order valence-electron chi connectivity index (χ1n) is 47.0. The minimum Gasteiger partial charge on any atom is -0.460 e. The summed E-state index contributed by atoms with van der Waals surface area (Å²) in [5, 5.41) is 11.6. The van der Waals surface area contributed by atoms with E-state index >= 15 is 0 Å². The molecule has 6 atom stereocenters. The molecule has 0 heterocycles. The highest BCUT2D eigenvalue weighted by Crippen LogP contribution is 2.50. The summed E-state index contributed by atoms with van der Waals surface area (Å²) >= 11 is 0. The first-order valence-corrected chi connectivity index (χ1v) is 49.9. The number of esters is 2. The zero-order valence-corrected chi connectivity index (χ0v) is 75.1. The van der Waals surface area contributed by atoms with Crippen LogP contribution in [0.1, 0.15) is 452 Å². The Kier molecular flexibility index (Phi) is 80.6. The van der Waals surface area contributed by atoms with Crippen LogP contribution in [0.25, 0.3) is 0 Å². The Hall–Kier alpha value is -3.15. The van der Waals surface area contributed by atoms with Crippen molar-refractivity contribution in [3.05, 3.63) is 25.3 Å². The largest absolute Gasteiger partial charge is 0.475 e. The summed E-state index contributed by atoms with van der Waals surface area (Å²) in [6.45, 7) is 18.9. The van der Waals surface area contributed by atoms with Crippen molar-refractivity contribution in [1.29, 1.82) is 0 Å². The van der Waals surface area contributed by atoms with Gasteiger partial charge in [-0.3, -0.25) is 46.3 Å². The van der Waals surface area contributed by atoms with Crippen LogP contribution in [-0.2, 0) is 64.9 Å². The third-order valence-corrected chi connectivity index (χ3v) is 24.0. The minimum absolute atomic E-state index is 0.144. The Morgan fingerprint density at radius 2 is 0.518 bits per heavy atom. The third-order valence-electron chi connectivity index (χ3n) is 21.1. The molecule has 660 valence electrons. The fourth-order valence-corrected chi connectivity index (χ4v) is 16.5. The molecule has 0 spiro atoms. The number of ether oxygens (including phenoxy) is 2. The Labute approximate surface area is 687 Å². The van der Waals surface area contributed by atoms with Crippen molar-refractivity contribution in [3.8, 4) is 0 Å². The van der Waals surface area contributed by atoms with Crippen molar-refractivity contribution >= 4 is 45.4 Å². The van der Waals surface area contributed by atoms with E-state index in [9.17, 15) is 33.1 Å². The number of phosphoric ester groups is 2. The lowest BCUT2D eigenvalue weighted by atomic mass is 10.0. The predicted molar refractivity (Wildman–Crippen MR) is 466 cm³/mol. The maximum Gasteiger partial charge on any atom is 0.475 e. The smallest absolute Gasteiger partial charge is 0.460 e. The van der Waals surface area contributed by atoms with Gasteiger partial charge in [0.15, 0.2) is 0 Å². The van der Waals surface area contributed by atoms with E-state index < -0.39 is 46.0 Å². The number of hydrogen-bond donors (Lipinski definition) is 4. The second kappa shape index (κ2) is 82.9. The maximum absolute atomic E-state index is 14.5. The highest BCUT2D eigenvalue weighted by molar-refractivity contribution is 7.48. The molecule has 0 rings (SSSR count). The van der Waals surface area contributed by atoms with E-state index in [0.717, 1.165) is 128 Å². The summed E-state index contributed by atoms with van der Waals surface area (Å²) in [7, 11) is -8.81. The van der Waals surface area contributed by atoms with Crippen molar-refractivity contribution in [2.45, 2.75) is 477 Å². The molecule has 21 heteroatoms. The van der Waals surface area contributed by atoms with Crippen LogP contribution in [0, 0.1) is 0 Å². The first-order chi connectivity index (χ1) is 54.7. The van der Waals surface area contributed by atoms with E-state index in [1.54, 1.807) is 0 Å². The predicted octanol–water partition coefficient (Wildman–Crippen LogP) is 26.9. The van der Waals surface area contributed by atoms with Gasteiger partial charge in [-0.2, -0.15) is 0 Å². The SMILES string of the molecule is C=CCOP(=O)(OCCNC(=O)NCCOP(=O)(OCC=C)OC[C@H](NC(=O)CCCCCCCCCCCCC)[C@H](CCCCCCCCCCC)OC(=O)CCCCCCCCCCC)OCC(NC(=O)CCCCCCCCCCCCC)C(CCCCCCCCCCC)OC(=O)CCCCCCCCCCC. The van der Waals surface area contributed by atoms with E-state index in [2.05, 4.69) is 76.0 Å². The van der Waals surface area contributed by atoms with Gasteiger partial charge in [-0.15, -0.1) is 13.2 Å². The number of nitrogens with one attached hydrogen (secondary N) is 4.